The van der Waals surface area contributed by atoms with Gasteiger partial charge in [-0.1, -0.05) is 0 Å². The quantitative estimate of drug-likeness (QED) is 0.321. The van der Waals surface area contributed by atoms with Gasteiger partial charge in [-0.25, -0.2) is 12.8 Å². The van der Waals surface area contributed by atoms with Crippen LogP contribution in [0.4, 0.5) is 39.5 Å². The van der Waals surface area contributed by atoms with Gasteiger partial charge in [-0.15, -0.1) is 0 Å². The van der Waals surface area contributed by atoms with Crippen LogP contribution < -0.4 is 10.1 Å². The Hall–Kier alpha value is -4.17. The summed E-state index contributed by atoms with van der Waals surface area (Å²) in [6, 6.07) is 5.01. The largest absolute Gasteiger partial charge is 0.486 e. The highest BCUT2D eigenvalue weighted by molar-refractivity contribution is 7.92. The van der Waals surface area contributed by atoms with Gasteiger partial charge >= 0.3 is 18.3 Å². The standard InChI is InChI=1S/C34H35F9N4O6S/c1-20-15-23(28(48)46-10-6-30(50,18-35)7-11-46)16-21(2)24(20)5-14-54(51,52)47-12-8-31(9-13-47)29(49)44-27(45-31)22-3-4-26(25(17-22)33(38,39)40)53-19-32(36,37)34(41,42)43/h3-5,14-17,50H,6-13,18-19H2,1-2H3,(H,44,45,49). The first-order valence-corrected chi connectivity index (χ1v) is 18.0. The second kappa shape index (κ2) is 14.5. The summed E-state index contributed by atoms with van der Waals surface area (Å²) in [5, 5.41) is 13.5. The lowest BCUT2D eigenvalue weighted by Crippen LogP contribution is -2.50. The second-order valence-electron chi connectivity index (χ2n) is 13.6. The highest BCUT2D eigenvalue weighted by Crippen LogP contribution is 2.41. The Bertz CT molecular complexity index is 1940. The number of carbonyl (C=O) groups is 2. The number of amides is 2. The number of piperidine rings is 2. The normalized spacial score (nSPS) is 19.7. The molecule has 3 aliphatic rings. The summed E-state index contributed by atoms with van der Waals surface area (Å²) in [7, 11) is -4.07. The zero-order valence-electron chi connectivity index (χ0n) is 28.8. The van der Waals surface area contributed by atoms with Crippen molar-refractivity contribution < 1.29 is 67.4 Å². The minimum atomic E-state index is -6.06. The van der Waals surface area contributed by atoms with Gasteiger partial charge in [0.25, 0.3) is 11.8 Å². The van der Waals surface area contributed by atoms with Crippen molar-refractivity contribution in [2.45, 2.75) is 68.9 Å². The summed E-state index contributed by atoms with van der Waals surface area (Å²) in [5.41, 5.74) is -2.98. The summed E-state index contributed by atoms with van der Waals surface area (Å²) < 4.78 is 151. The predicted octanol–water partition coefficient (Wildman–Crippen LogP) is 5.55. The third kappa shape index (κ3) is 8.39. The molecule has 0 aromatic heterocycles. The molecule has 5 rings (SSSR count). The van der Waals surface area contributed by atoms with Crippen molar-refractivity contribution in [1.82, 2.24) is 14.5 Å². The molecule has 0 saturated carbocycles. The number of halogens is 9. The number of nitrogens with one attached hydrogen (secondary N) is 1. The molecular weight excluding hydrogens is 763 g/mol. The van der Waals surface area contributed by atoms with E-state index in [0.717, 1.165) is 15.8 Å². The van der Waals surface area contributed by atoms with Crippen molar-refractivity contribution >= 4 is 33.7 Å². The van der Waals surface area contributed by atoms with E-state index in [9.17, 15) is 62.6 Å². The van der Waals surface area contributed by atoms with Crippen LogP contribution in [0.5, 0.6) is 5.75 Å². The Morgan fingerprint density at radius 3 is 2.09 bits per heavy atom. The highest BCUT2D eigenvalue weighted by Gasteiger charge is 2.58. The topological polar surface area (TPSA) is 129 Å². The molecule has 20 heteroatoms. The van der Waals surface area contributed by atoms with E-state index in [4.69, 9.17) is 0 Å². The van der Waals surface area contributed by atoms with Crippen LogP contribution in [-0.2, 0) is 21.0 Å². The highest BCUT2D eigenvalue weighted by atomic mass is 32.2. The number of ether oxygens (including phenoxy) is 1. The average Bonchev–Trinajstić information content (AvgIpc) is 3.40. The Balaban J connectivity index is 1.27. The number of benzene rings is 2. The molecule has 2 amide bonds. The predicted molar refractivity (Wildman–Crippen MR) is 176 cm³/mol. The lowest BCUT2D eigenvalue weighted by molar-refractivity contribution is -0.290. The molecule has 0 unspecified atom stereocenters. The smallest absolute Gasteiger partial charge is 0.456 e. The van der Waals surface area contributed by atoms with Crippen LogP contribution in [0.25, 0.3) is 6.08 Å². The number of amidine groups is 1. The third-order valence-corrected chi connectivity index (χ3v) is 11.3. The van der Waals surface area contributed by atoms with E-state index in [1.165, 1.54) is 11.0 Å². The molecule has 296 valence electrons. The number of hydrogen-bond donors (Lipinski definition) is 2. The molecule has 10 nitrogen and oxygen atoms in total. The summed E-state index contributed by atoms with van der Waals surface area (Å²) in [4.78, 5) is 32.0. The van der Waals surface area contributed by atoms with Crippen LogP contribution in [0.3, 0.4) is 0 Å². The van der Waals surface area contributed by atoms with Crippen molar-refractivity contribution in [3.63, 3.8) is 0 Å². The van der Waals surface area contributed by atoms with Crippen molar-refractivity contribution in [3.05, 3.63) is 69.1 Å². The maximum absolute atomic E-state index is 13.8. The molecule has 0 atom stereocenters. The van der Waals surface area contributed by atoms with Crippen molar-refractivity contribution in [1.29, 1.82) is 0 Å². The number of rotatable bonds is 9. The fraction of sp³-hybridized carbons (Fsp3) is 0.500. The van der Waals surface area contributed by atoms with E-state index in [1.54, 1.807) is 26.0 Å². The van der Waals surface area contributed by atoms with Crippen LogP contribution in [0.1, 0.15) is 63.9 Å². The zero-order valence-corrected chi connectivity index (χ0v) is 29.6. The molecule has 2 aromatic rings. The summed E-state index contributed by atoms with van der Waals surface area (Å²) in [6.45, 7) is 0.0133. The minimum Gasteiger partial charge on any atom is -0.486 e. The monoisotopic (exact) mass is 798 g/mol. The Kier molecular flexibility index (Phi) is 11.0. The van der Waals surface area contributed by atoms with Crippen molar-refractivity contribution in [2.75, 3.05) is 39.5 Å². The van der Waals surface area contributed by atoms with Gasteiger partial charge in [0.15, 0.2) is 6.61 Å². The fourth-order valence-electron chi connectivity index (χ4n) is 6.42. The first kappa shape index (κ1) is 41.0. The van der Waals surface area contributed by atoms with Gasteiger partial charge in [0.05, 0.1) is 11.2 Å². The maximum Gasteiger partial charge on any atom is 0.456 e. The number of alkyl halides is 9. The Morgan fingerprint density at radius 2 is 1.56 bits per heavy atom. The maximum atomic E-state index is 13.8. The van der Waals surface area contributed by atoms with E-state index < -0.39 is 69.9 Å². The number of sulfonamides is 1. The van der Waals surface area contributed by atoms with Crippen LogP contribution in [0.2, 0.25) is 0 Å². The number of likely N-dealkylation sites (tertiary alicyclic amines) is 1. The van der Waals surface area contributed by atoms with E-state index in [1.807, 2.05) is 0 Å². The molecule has 0 radical (unpaired) electrons. The summed E-state index contributed by atoms with van der Waals surface area (Å²) in [5.74, 6) is -8.12. The van der Waals surface area contributed by atoms with Crippen LogP contribution in [0.15, 0.2) is 40.7 Å². The van der Waals surface area contributed by atoms with E-state index >= 15 is 0 Å². The first-order valence-electron chi connectivity index (χ1n) is 16.5. The molecule has 2 aromatic carbocycles. The number of aryl methyl sites for hydroxylation is 2. The van der Waals surface area contributed by atoms with Gasteiger partial charge in [0.2, 0.25) is 10.0 Å². The summed E-state index contributed by atoms with van der Waals surface area (Å²) >= 11 is 0. The molecule has 2 saturated heterocycles. The van der Waals surface area contributed by atoms with Crippen LogP contribution >= 0.6 is 0 Å². The molecule has 2 N–H and O–H groups in total. The third-order valence-electron chi connectivity index (χ3n) is 9.75. The molecule has 2 fully saturated rings. The lowest BCUT2D eigenvalue weighted by Gasteiger charge is -2.36. The molecular formula is C34H35F9N4O6S. The van der Waals surface area contributed by atoms with Gasteiger partial charge < -0.3 is 20.1 Å². The second-order valence-corrected chi connectivity index (χ2v) is 15.4. The lowest BCUT2D eigenvalue weighted by atomic mass is 9.89. The van der Waals surface area contributed by atoms with Crippen LogP contribution in [0, 0.1) is 13.8 Å². The average molecular weight is 799 g/mol. The van der Waals surface area contributed by atoms with Gasteiger partial charge in [-0.2, -0.15) is 39.4 Å². The molecule has 0 aliphatic carbocycles. The van der Waals surface area contributed by atoms with Gasteiger partial charge in [-0.05, 0) is 92.6 Å². The zero-order chi connectivity index (χ0) is 40.1. The molecule has 54 heavy (non-hydrogen) atoms. The fourth-order valence-corrected chi connectivity index (χ4v) is 7.59. The molecule has 0 bridgehead atoms. The SMILES string of the molecule is Cc1cc(C(=O)N2CCC(O)(CF)CC2)cc(C)c1C=CS(=O)(=O)N1CCC2(CC1)N=C(c1ccc(OCC(F)(F)C(F)(F)F)c(C(F)(F)F)c1)NC2=O. The number of carbonyl (C=O) groups excluding carboxylic acids is 2. The van der Waals surface area contributed by atoms with Crippen LogP contribution in [-0.4, -0.2) is 103 Å². The van der Waals surface area contributed by atoms with Gasteiger partial charge in [0.1, 0.15) is 23.8 Å². The summed E-state index contributed by atoms with van der Waals surface area (Å²) in [6.07, 6.45) is -10.1. The van der Waals surface area contributed by atoms with E-state index in [2.05, 4.69) is 15.0 Å². The Labute approximate surface area is 303 Å². The number of aliphatic hydroxyl groups is 1. The van der Waals surface area contributed by atoms with Gasteiger partial charge in [-0.3, -0.25) is 14.6 Å². The number of aliphatic imine (C=N–C) groups is 1. The molecule has 3 heterocycles. The first-order chi connectivity index (χ1) is 24.9. The van der Waals surface area contributed by atoms with E-state index in [-0.39, 0.29) is 69.2 Å². The number of nitrogens with zero attached hydrogens (tertiary/aromatic N) is 3. The van der Waals surface area contributed by atoms with Gasteiger partial charge in [0, 0.05) is 42.7 Å². The van der Waals surface area contributed by atoms with Crippen molar-refractivity contribution in [3.8, 4) is 5.75 Å². The molecule has 1 spiro atoms. The van der Waals surface area contributed by atoms with Crippen molar-refractivity contribution in [2.24, 2.45) is 4.99 Å². The van der Waals surface area contributed by atoms with E-state index in [0.29, 0.717) is 34.4 Å². The number of hydrogen-bond acceptors (Lipinski definition) is 7. The molecule has 3 aliphatic heterocycles. The minimum absolute atomic E-state index is 0.0981. The Morgan fingerprint density at radius 1 is 0.963 bits per heavy atom.